The van der Waals surface area contributed by atoms with Gasteiger partial charge in [-0.2, -0.15) is 0 Å². The van der Waals surface area contributed by atoms with Crippen LogP contribution in [0.4, 0.5) is 0 Å². The number of aryl methyl sites for hydroxylation is 1. The normalized spacial score (nSPS) is 11.4. The molecule has 166 valence electrons. The van der Waals surface area contributed by atoms with Crippen molar-refractivity contribution < 1.29 is 23.9 Å². The Bertz CT molecular complexity index is 896. The molecule has 3 amide bonds. The number of hydrogen-bond acceptors (Lipinski definition) is 5. The average Bonchev–Trinajstić information content (AvgIpc) is 2.74. The summed E-state index contributed by atoms with van der Waals surface area (Å²) < 4.78 is 10.8. The minimum atomic E-state index is -0.836. The third kappa shape index (κ3) is 7.65. The number of amides is 3. The molecule has 0 heterocycles. The van der Waals surface area contributed by atoms with Crippen molar-refractivity contribution in [2.75, 3.05) is 13.2 Å². The Morgan fingerprint density at radius 3 is 2.26 bits per heavy atom. The summed E-state index contributed by atoms with van der Waals surface area (Å²) in [5.41, 5.74) is 6.06. The topological polar surface area (TPSA) is 106 Å². The van der Waals surface area contributed by atoms with Crippen molar-refractivity contribution in [1.82, 2.24) is 16.2 Å². The minimum Gasteiger partial charge on any atom is -0.494 e. The largest absolute Gasteiger partial charge is 0.494 e. The predicted molar refractivity (Wildman–Crippen MR) is 117 cm³/mol. The summed E-state index contributed by atoms with van der Waals surface area (Å²) in [5.74, 6) is -0.427. The van der Waals surface area contributed by atoms with Crippen LogP contribution in [-0.4, -0.2) is 37.0 Å². The van der Waals surface area contributed by atoms with Gasteiger partial charge >= 0.3 is 0 Å². The summed E-state index contributed by atoms with van der Waals surface area (Å²) >= 11 is 0. The van der Waals surface area contributed by atoms with Gasteiger partial charge in [-0.3, -0.25) is 25.2 Å². The molecule has 1 atom stereocenters. The fourth-order valence-corrected chi connectivity index (χ4v) is 2.73. The Morgan fingerprint density at radius 2 is 1.65 bits per heavy atom. The molecule has 0 fully saturated rings. The van der Waals surface area contributed by atoms with Gasteiger partial charge in [-0.15, -0.1) is 0 Å². The van der Waals surface area contributed by atoms with E-state index in [0.29, 0.717) is 23.7 Å². The first-order chi connectivity index (χ1) is 14.8. The van der Waals surface area contributed by atoms with E-state index < -0.39 is 23.8 Å². The third-order valence-electron chi connectivity index (χ3n) is 4.35. The van der Waals surface area contributed by atoms with Crippen molar-refractivity contribution >= 4 is 17.7 Å². The van der Waals surface area contributed by atoms with Crippen molar-refractivity contribution in [1.29, 1.82) is 0 Å². The zero-order valence-corrected chi connectivity index (χ0v) is 18.2. The molecule has 0 saturated heterocycles. The van der Waals surface area contributed by atoms with E-state index in [4.69, 9.17) is 9.47 Å². The van der Waals surface area contributed by atoms with Crippen LogP contribution < -0.4 is 25.6 Å². The number of ether oxygens (including phenoxy) is 2. The molecule has 8 nitrogen and oxygen atoms in total. The number of nitrogens with one attached hydrogen (secondary N) is 3. The first-order valence-electron chi connectivity index (χ1n) is 10.1. The summed E-state index contributed by atoms with van der Waals surface area (Å²) in [6, 6.07) is 13.1. The molecule has 0 bridgehead atoms. The van der Waals surface area contributed by atoms with E-state index in [2.05, 4.69) is 16.2 Å². The van der Waals surface area contributed by atoms with Crippen LogP contribution in [0.25, 0.3) is 0 Å². The van der Waals surface area contributed by atoms with Crippen LogP contribution in [0.15, 0.2) is 48.5 Å². The van der Waals surface area contributed by atoms with Crippen LogP contribution in [0.5, 0.6) is 11.5 Å². The Hall–Kier alpha value is -3.55. The number of rotatable bonds is 9. The van der Waals surface area contributed by atoms with Crippen molar-refractivity contribution in [2.45, 2.75) is 33.7 Å². The second kappa shape index (κ2) is 11.6. The maximum absolute atomic E-state index is 12.5. The zero-order valence-electron chi connectivity index (χ0n) is 18.2. The number of hydrazine groups is 1. The van der Waals surface area contributed by atoms with E-state index in [1.54, 1.807) is 50.2 Å². The molecular weight excluding hydrogens is 398 g/mol. The van der Waals surface area contributed by atoms with Gasteiger partial charge in [0, 0.05) is 5.56 Å². The van der Waals surface area contributed by atoms with Crippen LogP contribution in [0.3, 0.4) is 0 Å². The fourth-order valence-electron chi connectivity index (χ4n) is 2.73. The maximum atomic E-state index is 12.5. The van der Waals surface area contributed by atoms with Gasteiger partial charge in [-0.25, -0.2) is 0 Å². The number of carbonyl (C=O) groups excluding carboxylic acids is 3. The summed E-state index contributed by atoms with van der Waals surface area (Å²) in [6.45, 7) is 7.66. The van der Waals surface area contributed by atoms with Crippen molar-refractivity contribution in [2.24, 2.45) is 5.92 Å². The molecule has 2 aromatic rings. The van der Waals surface area contributed by atoms with E-state index in [-0.39, 0.29) is 12.5 Å². The van der Waals surface area contributed by atoms with Crippen LogP contribution >= 0.6 is 0 Å². The molecule has 2 aromatic carbocycles. The standard InChI is InChI=1S/C23H29N3O5/c1-5-30-18-11-9-17(10-12-18)22(28)24-21(15(2)3)23(29)26-25-20(27)14-31-19-8-6-7-16(4)13-19/h6-13,15,21H,5,14H2,1-4H3,(H,24,28)(H,25,27)(H,26,29). The molecule has 2 rings (SSSR count). The molecular formula is C23H29N3O5. The monoisotopic (exact) mass is 427 g/mol. The molecule has 31 heavy (non-hydrogen) atoms. The average molecular weight is 428 g/mol. The number of benzene rings is 2. The zero-order chi connectivity index (χ0) is 22.8. The van der Waals surface area contributed by atoms with E-state index in [0.717, 1.165) is 5.56 Å². The van der Waals surface area contributed by atoms with Gasteiger partial charge in [-0.1, -0.05) is 26.0 Å². The molecule has 0 spiro atoms. The lowest BCUT2D eigenvalue weighted by atomic mass is 10.0. The number of hydrogen-bond donors (Lipinski definition) is 3. The molecule has 0 aliphatic rings. The van der Waals surface area contributed by atoms with E-state index in [1.165, 1.54) is 0 Å². The van der Waals surface area contributed by atoms with Gasteiger partial charge in [0.1, 0.15) is 17.5 Å². The Balaban J connectivity index is 1.86. The van der Waals surface area contributed by atoms with E-state index >= 15 is 0 Å². The van der Waals surface area contributed by atoms with Gasteiger partial charge in [-0.05, 0) is 61.7 Å². The van der Waals surface area contributed by atoms with Crippen LogP contribution in [0.2, 0.25) is 0 Å². The Kier molecular flexibility index (Phi) is 8.87. The summed E-state index contributed by atoms with van der Waals surface area (Å²) in [6.07, 6.45) is 0. The highest BCUT2D eigenvalue weighted by Gasteiger charge is 2.25. The Labute approximate surface area is 182 Å². The van der Waals surface area contributed by atoms with Crippen LogP contribution in [0.1, 0.15) is 36.7 Å². The van der Waals surface area contributed by atoms with Gasteiger partial charge < -0.3 is 14.8 Å². The lowest BCUT2D eigenvalue weighted by Gasteiger charge is -2.22. The maximum Gasteiger partial charge on any atom is 0.276 e. The fraction of sp³-hybridized carbons (Fsp3) is 0.348. The molecule has 8 heteroatoms. The predicted octanol–water partition coefficient (Wildman–Crippen LogP) is 2.37. The Morgan fingerprint density at radius 1 is 0.935 bits per heavy atom. The lowest BCUT2D eigenvalue weighted by Crippen LogP contribution is -2.55. The molecule has 0 radical (unpaired) electrons. The van der Waals surface area contributed by atoms with Crippen molar-refractivity contribution in [3.63, 3.8) is 0 Å². The summed E-state index contributed by atoms with van der Waals surface area (Å²) in [5, 5.41) is 2.70. The highest BCUT2D eigenvalue weighted by atomic mass is 16.5. The molecule has 0 aliphatic carbocycles. The quantitative estimate of drug-likeness (QED) is 0.533. The minimum absolute atomic E-state index is 0.202. The van der Waals surface area contributed by atoms with Gasteiger partial charge in [0.25, 0.3) is 17.7 Å². The smallest absolute Gasteiger partial charge is 0.276 e. The number of carbonyl (C=O) groups is 3. The highest BCUT2D eigenvalue weighted by molar-refractivity contribution is 5.98. The lowest BCUT2D eigenvalue weighted by molar-refractivity contribution is -0.131. The van der Waals surface area contributed by atoms with Gasteiger partial charge in [0.2, 0.25) is 0 Å². The van der Waals surface area contributed by atoms with Gasteiger partial charge in [0.15, 0.2) is 6.61 Å². The summed E-state index contributed by atoms with van der Waals surface area (Å²) in [7, 11) is 0. The highest BCUT2D eigenvalue weighted by Crippen LogP contribution is 2.13. The summed E-state index contributed by atoms with van der Waals surface area (Å²) in [4.78, 5) is 37.0. The molecule has 0 saturated carbocycles. The molecule has 1 unspecified atom stereocenters. The van der Waals surface area contributed by atoms with Crippen molar-refractivity contribution in [3.8, 4) is 11.5 Å². The molecule has 0 aromatic heterocycles. The first-order valence-corrected chi connectivity index (χ1v) is 10.1. The van der Waals surface area contributed by atoms with Crippen molar-refractivity contribution in [3.05, 3.63) is 59.7 Å². The second-order valence-electron chi connectivity index (χ2n) is 7.30. The molecule has 3 N–H and O–H groups in total. The second-order valence-corrected chi connectivity index (χ2v) is 7.30. The molecule has 0 aliphatic heterocycles. The van der Waals surface area contributed by atoms with Crippen LogP contribution in [0, 0.1) is 12.8 Å². The van der Waals surface area contributed by atoms with Gasteiger partial charge in [0.05, 0.1) is 6.61 Å². The first kappa shape index (κ1) is 23.7. The SMILES string of the molecule is CCOc1ccc(C(=O)NC(C(=O)NNC(=O)COc2cccc(C)c2)C(C)C)cc1. The van der Waals surface area contributed by atoms with E-state index in [9.17, 15) is 14.4 Å². The van der Waals surface area contributed by atoms with Crippen LogP contribution in [-0.2, 0) is 9.59 Å². The third-order valence-corrected chi connectivity index (χ3v) is 4.35. The van der Waals surface area contributed by atoms with E-state index in [1.807, 2.05) is 26.0 Å².